The second-order valence-corrected chi connectivity index (χ2v) is 11.6. The van der Waals surface area contributed by atoms with Crippen molar-refractivity contribution in [3.05, 3.63) is 104 Å². The second kappa shape index (κ2) is 12.5. The fourth-order valence-electron chi connectivity index (χ4n) is 5.64. The Kier molecular flexibility index (Phi) is 8.85. The van der Waals surface area contributed by atoms with Gasteiger partial charge in [-0.2, -0.15) is 0 Å². The van der Waals surface area contributed by atoms with Crippen LogP contribution in [0.3, 0.4) is 0 Å². The molecule has 2 unspecified atom stereocenters. The van der Waals surface area contributed by atoms with Crippen LogP contribution in [0.15, 0.2) is 54.6 Å². The van der Waals surface area contributed by atoms with Gasteiger partial charge >= 0.3 is 12.0 Å². The summed E-state index contributed by atoms with van der Waals surface area (Å²) in [5, 5.41) is 15.3. The molecule has 0 bridgehead atoms. The Labute approximate surface area is 254 Å². The van der Waals surface area contributed by atoms with Crippen LogP contribution < -0.4 is 10.6 Å². The molecular formula is C32H31Cl2N3O5. The highest BCUT2D eigenvalue weighted by Crippen LogP contribution is 2.36. The minimum absolute atomic E-state index is 0.00451. The molecule has 10 heteroatoms. The van der Waals surface area contributed by atoms with Gasteiger partial charge < -0.3 is 20.6 Å². The number of nitrogens with one attached hydrogen (secondary N) is 2. The van der Waals surface area contributed by atoms with E-state index >= 15 is 0 Å². The van der Waals surface area contributed by atoms with Crippen molar-refractivity contribution < 1.29 is 24.3 Å². The molecule has 1 aliphatic carbocycles. The predicted octanol–water partition coefficient (Wildman–Crippen LogP) is 5.76. The van der Waals surface area contributed by atoms with Crippen molar-refractivity contribution in [3.63, 3.8) is 0 Å². The number of carboxylic acids is 1. The number of nitrogens with zero attached hydrogens (tertiary/aromatic N) is 1. The maximum Gasteiger partial charge on any atom is 0.315 e. The van der Waals surface area contributed by atoms with Crippen LogP contribution in [-0.4, -0.2) is 46.8 Å². The molecule has 3 aromatic carbocycles. The normalized spacial score (nSPS) is 16.4. The number of benzene rings is 3. The number of rotatable bonds is 9. The van der Waals surface area contributed by atoms with Gasteiger partial charge in [0.15, 0.2) is 5.78 Å². The van der Waals surface area contributed by atoms with Crippen LogP contribution in [0, 0.1) is 12.8 Å². The van der Waals surface area contributed by atoms with Crippen LogP contribution in [0.25, 0.3) is 0 Å². The van der Waals surface area contributed by atoms with Gasteiger partial charge in [0.2, 0.25) is 0 Å². The molecule has 3 aromatic rings. The monoisotopic (exact) mass is 607 g/mol. The van der Waals surface area contributed by atoms with Crippen molar-refractivity contribution in [3.8, 4) is 0 Å². The van der Waals surface area contributed by atoms with Crippen LogP contribution in [-0.2, 0) is 24.2 Å². The van der Waals surface area contributed by atoms with Gasteiger partial charge in [-0.1, -0.05) is 77.3 Å². The average molecular weight is 609 g/mol. The van der Waals surface area contributed by atoms with E-state index in [0.717, 1.165) is 29.5 Å². The van der Waals surface area contributed by atoms with Gasteiger partial charge in [-0.25, -0.2) is 4.79 Å². The number of hydrogen-bond donors (Lipinski definition) is 3. The minimum atomic E-state index is -1.23. The highest BCUT2D eigenvalue weighted by molar-refractivity contribution is 6.41. The van der Waals surface area contributed by atoms with E-state index in [1.165, 1.54) is 11.6 Å². The number of carbonyl (C=O) groups excluding carboxylic acids is 3. The summed E-state index contributed by atoms with van der Waals surface area (Å²) in [5.74, 6) is -3.24. The molecule has 8 nitrogen and oxygen atoms in total. The van der Waals surface area contributed by atoms with E-state index < -0.39 is 30.1 Å². The number of halogens is 2. The molecule has 2 atom stereocenters. The third kappa shape index (κ3) is 6.30. The lowest BCUT2D eigenvalue weighted by Gasteiger charge is -2.30. The first-order valence-electron chi connectivity index (χ1n) is 13.9. The van der Waals surface area contributed by atoms with E-state index in [1.54, 1.807) is 4.90 Å². The summed E-state index contributed by atoms with van der Waals surface area (Å²) >= 11 is 13.1. The second-order valence-electron chi connectivity index (χ2n) is 10.8. The first-order valence-corrected chi connectivity index (χ1v) is 14.6. The van der Waals surface area contributed by atoms with E-state index in [9.17, 15) is 24.3 Å². The van der Waals surface area contributed by atoms with Crippen molar-refractivity contribution in [2.24, 2.45) is 5.92 Å². The van der Waals surface area contributed by atoms with Gasteiger partial charge in [-0.05, 0) is 54.5 Å². The van der Waals surface area contributed by atoms with Gasteiger partial charge in [-0.3, -0.25) is 14.4 Å². The van der Waals surface area contributed by atoms with Gasteiger partial charge in [-0.15, -0.1) is 0 Å². The Hall–Kier alpha value is -3.88. The highest BCUT2D eigenvalue weighted by Gasteiger charge is 2.32. The third-order valence-corrected chi connectivity index (χ3v) is 8.69. The van der Waals surface area contributed by atoms with Crippen LogP contribution in [0.4, 0.5) is 4.79 Å². The van der Waals surface area contributed by atoms with E-state index in [2.05, 4.69) is 10.6 Å². The molecule has 1 aliphatic heterocycles. The number of aryl methyl sites for hydroxylation is 2. The number of Topliss-reactive ketones (excluding diaryl/α,β-unsaturated/α-hetero) is 1. The summed E-state index contributed by atoms with van der Waals surface area (Å²) in [7, 11) is 0. The first-order chi connectivity index (χ1) is 20.1. The van der Waals surface area contributed by atoms with Crippen LogP contribution in [0.1, 0.15) is 67.4 Å². The Bertz CT molecular complexity index is 1560. The number of hydrogen-bond acceptors (Lipinski definition) is 4. The fraction of sp³-hybridized carbons (Fsp3) is 0.312. The fourth-order valence-corrected chi connectivity index (χ4v) is 6.40. The molecule has 42 heavy (non-hydrogen) atoms. The maximum absolute atomic E-state index is 13.3. The molecule has 3 N–H and O–H groups in total. The molecule has 1 heterocycles. The Morgan fingerprint density at radius 1 is 1.07 bits per heavy atom. The summed E-state index contributed by atoms with van der Waals surface area (Å²) in [6, 6.07) is 16.6. The average Bonchev–Trinajstić information content (AvgIpc) is 3.36. The van der Waals surface area contributed by atoms with Crippen LogP contribution >= 0.6 is 23.2 Å². The molecular weight excluding hydrogens is 577 g/mol. The summed E-state index contributed by atoms with van der Waals surface area (Å²) in [6.45, 7) is 2.59. The zero-order valence-electron chi connectivity index (χ0n) is 23.1. The number of fused-ring (bicyclic) bond motifs is 2. The number of carboxylic acid groups (broad SMARTS) is 1. The molecule has 0 spiro atoms. The van der Waals surface area contributed by atoms with Crippen molar-refractivity contribution in [2.75, 3.05) is 13.1 Å². The van der Waals surface area contributed by atoms with Crippen LogP contribution in [0.5, 0.6) is 0 Å². The Morgan fingerprint density at radius 2 is 1.81 bits per heavy atom. The molecule has 0 aromatic heterocycles. The van der Waals surface area contributed by atoms with Crippen molar-refractivity contribution in [1.82, 2.24) is 15.5 Å². The van der Waals surface area contributed by atoms with E-state index in [0.29, 0.717) is 30.6 Å². The smallest absolute Gasteiger partial charge is 0.315 e. The predicted molar refractivity (Wildman–Crippen MR) is 160 cm³/mol. The lowest BCUT2D eigenvalue weighted by atomic mass is 9.92. The summed E-state index contributed by atoms with van der Waals surface area (Å²) in [4.78, 5) is 52.9. The summed E-state index contributed by atoms with van der Waals surface area (Å²) in [5.41, 5.74) is 5.20. The number of aliphatic carboxylic acids is 1. The molecule has 0 radical (unpaired) electrons. The first kappa shape index (κ1) is 29.6. The SMILES string of the molecule is Cc1ccc(CN2CCc3c(cc(Cl)c(C(=O)CC(CNC(=O)NC4CCc5ccccc54)C(=O)O)c3Cl)C2=O)cc1. The zero-order chi connectivity index (χ0) is 30.0. The minimum Gasteiger partial charge on any atom is -0.481 e. The van der Waals surface area contributed by atoms with Crippen LogP contribution in [0.2, 0.25) is 10.0 Å². The molecule has 0 saturated heterocycles. The Morgan fingerprint density at radius 3 is 2.55 bits per heavy atom. The van der Waals surface area contributed by atoms with Gasteiger partial charge in [0.1, 0.15) is 0 Å². The molecule has 2 aliphatic rings. The largest absolute Gasteiger partial charge is 0.481 e. The highest BCUT2D eigenvalue weighted by atomic mass is 35.5. The number of urea groups is 1. The van der Waals surface area contributed by atoms with Gasteiger partial charge in [0.05, 0.1) is 27.6 Å². The van der Waals surface area contributed by atoms with Gasteiger partial charge in [0.25, 0.3) is 5.91 Å². The topological polar surface area (TPSA) is 116 Å². The number of carbonyl (C=O) groups is 4. The lowest BCUT2D eigenvalue weighted by molar-refractivity contribution is -0.141. The molecule has 3 amide bonds. The van der Waals surface area contributed by atoms with E-state index in [4.69, 9.17) is 23.2 Å². The molecule has 218 valence electrons. The lowest BCUT2D eigenvalue weighted by Crippen LogP contribution is -2.41. The third-order valence-electron chi connectivity index (χ3n) is 7.97. The Balaban J connectivity index is 1.24. The number of amides is 3. The van der Waals surface area contributed by atoms with Gasteiger partial charge in [0, 0.05) is 31.6 Å². The quantitative estimate of drug-likeness (QED) is 0.267. The molecule has 0 saturated carbocycles. The van der Waals surface area contributed by atoms with Crippen molar-refractivity contribution in [2.45, 2.75) is 45.2 Å². The van der Waals surface area contributed by atoms with Crippen molar-refractivity contribution in [1.29, 1.82) is 0 Å². The summed E-state index contributed by atoms with van der Waals surface area (Å²) in [6.07, 6.45) is 1.62. The van der Waals surface area contributed by atoms with E-state index in [-0.39, 0.29) is 34.1 Å². The maximum atomic E-state index is 13.3. The van der Waals surface area contributed by atoms with Crippen molar-refractivity contribution >= 4 is 46.9 Å². The summed E-state index contributed by atoms with van der Waals surface area (Å²) < 4.78 is 0. The molecule has 0 fully saturated rings. The molecule has 5 rings (SSSR count). The van der Waals surface area contributed by atoms with E-state index in [1.807, 2.05) is 55.5 Å². The number of ketones is 1. The zero-order valence-corrected chi connectivity index (χ0v) is 24.6. The standard InChI is InChI=1S/C32H31Cl2N3O5/c1-18-6-8-19(9-7-18)17-37-13-12-23-24(30(37)39)15-25(33)28(29(23)34)27(38)14-21(31(40)41)16-35-32(42)36-26-11-10-20-4-2-3-5-22(20)26/h2-9,15,21,26H,10-14,16-17H2,1H3,(H,40,41)(H2,35,36,42).